The van der Waals surface area contributed by atoms with Crippen LogP contribution in [-0.4, -0.2) is 35.8 Å². The van der Waals surface area contributed by atoms with Crippen molar-refractivity contribution in [1.29, 1.82) is 0 Å². The molecule has 0 radical (unpaired) electrons. The number of carbonyl (C=O) groups is 1. The zero-order valence-electron chi connectivity index (χ0n) is 9.69. The van der Waals surface area contributed by atoms with Crippen LogP contribution < -0.4 is 0 Å². The first-order valence-corrected chi connectivity index (χ1v) is 6.75. The van der Waals surface area contributed by atoms with Gasteiger partial charge in [-0.15, -0.1) is 11.3 Å². The average molecular weight is 238 g/mol. The number of rotatable bonds is 5. The monoisotopic (exact) mass is 238 g/mol. The maximum atomic E-state index is 10.6. The number of nitrogens with zero attached hydrogens (tertiary/aromatic N) is 2. The predicted octanol–water partition coefficient (Wildman–Crippen LogP) is 2.23. The molecule has 0 spiro atoms. The fourth-order valence-corrected chi connectivity index (χ4v) is 3.17. The van der Waals surface area contributed by atoms with Crippen LogP contribution in [0.15, 0.2) is 6.20 Å². The van der Waals surface area contributed by atoms with Gasteiger partial charge in [0.05, 0.1) is 9.88 Å². The third kappa shape index (κ3) is 2.89. The minimum Gasteiger partial charge on any atom is -0.303 e. The quantitative estimate of drug-likeness (QED) is 0.738. The number of aldehydes is 1. The van der Waals surface area contributed by atoms with Gasteiger partial charge in [-0.25, -0.2) is 4.98 Å². The number of hydrogen-bond donors (Lipinski definition) is 0. The molecule has 0 unspecified atom stereocenters. The Morgan fingerprint density at radius 3 is 3.25 bits per heavy atom. The second kappa shape index (κ2) is 5.55. The van der Waals surface area contributed by atoms with Gasteiger partial charge in [-0.2, -0.15) is 0 Å². The van der Waals surface area contributed by atoms with Crippen LogP contribution in [0.1, 0.15) is 34.4 Å². The summed E-state index contributed by atoms with van der Waals surface area (Å²) in [6.45, 7) is 5.87. The largest absolute Gasteiger partial charge is 0.303 e. The molecule has 1 atom stereocenters. The molecule has 1 aromatic heterocycles. The summed E-state index contributed by atoms with van der Waals surface area (Å²) in [5.74, 6) is 0.734. The Balaban J connectivity index is 1.84. The minimum absolute atomic E-state index is 0.734. The first kappa shape index (κ1) is 11.7. The molecular formula is C12H18N2OS. The van der Waals surface area contributed by atoms with Gasteiger partial charge in [0, 0.05) is 19.2 Å². The summed E-state index contributed by atoms with van der Waals surface area (Å²) in [6, 6.07) is 0. The lowest BCUT2D eigenvalue weighted by Crippen LogP contribution is -2.21. The maximum Gasteiger partial charge on any atom is 0.161 e. The highest BCUT2D eigenvalue weighted by molar-refractivity contribution is 7.13. The van der Waals surface area contributed by atoms with Gasteiger partial charge in [0.25, 0.3) is 0 Å². The molecular weight excluding hydrogens is 220 g/mol. The Labute approximate surface area is 100 Å². The summed E-state index contributed by atoms with van der Waals surface area (Å²) in [6.07, 6.45) is 6.12. The Kier molecular flexibility index (Phi) is 4.07. The van der Waals surface area contributed by atoms with E-state index < -0.39 is 0 Å². The molecule has 4 heteroatoms. The molecule has 0 bridgehead atoms. The van der Waals surface area contributed by atoms with Crippen LogP contribution >= 0.6 is 11.3 Å². The maximum absolute atomic E-state index is 10.6. The second-order valence-corrected chi connectivity index (χ2v) is 5.58. The topological polar surface area (TPSA) is 33.2 Å². The van der Waals surface area contributed by atoms with E-state index in [1.165, 1.54) is 43.8 Å². The van der Waals surface area contributed by atoms with E-state index in [0.717, 1.165) is 28.5 Å². The highest BCUT2D eigenvalue weighted by Gasteiger charge is 2.22. The Bertz CT molecular complexity index is 351. The Hall–Kier alpha value is -0.740. The molecule has 0 amide bonds. The lowest BCUT2D eigenvalue weighted by Gasteiger charge is -2.13. The highest BCUT2D eigenvalue weighted by atomic mass is 32.1. The first-order chi connectivity index (χ1) is 7.81. The normalized spacial score (nSPS) is 21.4. The van der Waals surface area contributed by atoms with Gasteiger partial charge in [0.15, 0.2) is 6.29 Å². The van der Waals surface area contributed by atoms with Gasteiger partial charge >= 0.3 is 0 Å². The van der Waals surface area contributed by atoms with Crippen LogP contribution in [0.5, 0.6) is 0 Å². The van der Waals surface area contributed by atoms with E-state index in [1.54, 1.807) is 6.20 Å². The molecule has 2 heterocycles. The molecule has 1 aliphatic heterocycles. The summed E-state index contributed by atoms with van der Waals surface area (Å²) in [5.41, 5.74) is 0. The molecule has 0 aliphatic carbocycles. The van der Waals surface area contributed by atoms with E-state index in [4.69, 9.17) is 0 Å². The lowest BCUT2D eigenvalue weighted by molar-refractivity contribution is 0.112. The number of likely N-dealkylation sites (tertiary alicyclic amines) is 1. The van der Waals surface area contributed by atoms with Gasteiger partial charge < -0.3 is 4.90 Å². The summed E-state index contributed by atoms with van der Waals surface area (Å²) in [4.78, 5) is 18.1. The summed E-state index contributed by atoms with van der Waals surface area (Å²) in [7, 11) is 0. The smallest absolute Gasteiger partial charge is 0.161 e. The standard InChI is InChI=1S/C12H18N2OS/c1-2-4-14-5-3-10(8-14)6-12-13-7-11(9-15)16-12/h7,9-10H,2-6,8H2,1H3/t10-/m0/s1. The molecule has 88 valence electrons. The van der Waals surface area contributed by atoms with E-state index in [0.29, 0.717) is 0 Å². The molecule has 1 saturated heterocycles. The van der Waals surface area contributed by atoms with Gasteiger partial charge in [-0.1, -0.05) is 6.92 Å². The number of carbonyl (C=O) groups excluding carboxylic acids is 1. The third-order valence-electron chi connectivity index (χ3n) is 3.06. The van der Waals surface area contributed by atoms with Crippen LogP contribution in [0, 0.1) is 5.92 Å². The average Bonchev–Trinajstić information content (AvgIpc) is 2.89. The molecule has 0 saturated carbocycles. The van der Waals surface area contributed by atoms with Crippen molar-refractivity contribution < 1.29 is 4.79 Å². The Morgan fingerprint density at radius 2 is 2.56 bits per heavy atom. The van der Waals surface area contributed by atoms with Crippen molar-refractivity contribution in [2.75, 3.05) is 19.6 Å². The fourth-order valence-electron chi connectivity index (χ4n) is 2.32. The molecule has 2 rings (SSSR count). The summed E-state index contributed by atoms with van der Waals surface area (Å²) in [5, 5.41) is 1.12. The van der Waals surface area contributed by atoms with Crippen LogP contribution in [0.25, 0.3) is 0 Å². The number of thiazole rings is 1. The van der Waals surface area contributed by atoms with Crippen LogP contribution in [0.4, 0.5) is 0 Å². The fraction of sp³-hybridized carbons (Fsp3) is 0.667. The zero-order valence-corrected chi connectivity index (χ0v) is 10.5. The first-order valence-electron chi connectivity index (χ1n) is 5.94. The van der Waals surface area contributed by atoms with E-state index in [-0.39, 0.29) is 0 Å². The SMILES string of the molecule is CCCN1CC[C@@H](Cc2ncc(C=O)s2)C1. The van der Waals surface area contributed by atoms with Crippen molar-refractivity contribution >= 4 is 17.6 Å². The van der Waals surface area contributed by atoms with Crippen molar-refractivity contribution in [3.8, 4) is 0 Å². The van der Waals surface area contributed by atoms with Crippen LogP contribution in [0.3, 0.4) is 0 Å². The van der Waals surface area contributed by atoms with Crippen LogP contribution in [-0.2, 0) is 6.42 Å². The molecule has 16 heavy (non-hydrogen) atoms. The van der Waals surface area contributed by atoms with Gasteiger partial charge in [-0.05, 0) is 31.8 Å². The van der Waals surface area contributed by atoms with Crippen molar-refractivity contribution in [1.82, 2.24) is 9.88 Å². The lowest BCUT2D eigenvalue weighted by atomic mass is 10.1. The molecule has 1 aliphatic rings. The Morgan fingerprint density at radius 1 is 1.69 bits per heavy atom. The van der Waals surface area contributed by atoms with Gasteiger partial charge in [-0.3, -0.25) is 4.79 Å². The predicted molar refractivity (Wildman–Crippen MR) is 66.0 cm³/mol. The van der Waals surface area contributed by atoms with Crippen molar-refractivity contribution in [2.24, 2.45) is 5.92 Å². The van der Waals surface area contributed by atoms with E-state index in [1.807, 2.05) is 0 Å². The third-order valence-corrected chi connectivity index (χ3v) is 4.01. The van der Waals surface area contributed by atoms with E-state index in [9.17, 15) is 4.79 Å². The summed E-state index contributed by atoms with van der Waals surface area (Å²) < 4.78 is 0. The van der Waals surface area contributed by atoms with Crippen molar-refractivity contribution in [3.05, 3.63) is 16.1 Å². The summed E-state index contributed by atoms with van der Waals surface area (Å²) >= 11 is 1.54. The molecule has 0 aromatic carbocycles. The second-order valence-electron chi connectivity index (χ2n) is 4.43. The molecule has 1 aromatic rings. The minimum atomic E-state index is 0.734. The van der Waals surface area contributed by atoms with E-state index in [2.05, 4.69) is 16.8 Å². The number of hydrogen-bond acceptors (Lipinski definition) is 4. The molecule has 3 nitrogen and oxygen atoms in total. The highest BCUT2D eigenvalue weighted by Crippen LogP contribution is 2.22. The van der Waals surface area contributed by atoms with Gasteiger partial charge in [0.1, 0.15) is 0 Å². The van der Waals surface area contributed by atoms with Crippen molar-refractivity contribution in [2.45, 2.75) is 26.2 Å². The van der Waals surface area contributed by atoms with Crippen LogP contribution in [0.2, 0.25) is 0 Å². The zero-order chi connectivity index (χ0) is 11.4. The molecule has 0 N–H and O–H groups in total. The number of aromatic nitrogens is 1. The van der Waals surface area contributed by atoms with Crippen molar-refractivity contribution in [3.63, 3.8) is 0 Å². The van der Waals surface area contributed by atoms with Gasteiger partial charge in [0.2, 0.25) is 0 Å². The molecule has 1 fully saturated rings. The van der Waals surface area contributed by atoms with E-state index >= 15 is 0 Å².